The van der Waals surface area contributed by atoms with Gasteiger partial charge in [0.2, 0.25) is 23.6 Å². The molecular formula is C55H72N8O8. The van der Waals surface area contributed by atoms with Gasteiger partial charge in [-0.15, -0.1) is 0 Å². The van der Waals surface area contributed by atoms with E-state index in [1.807, 2.05) is 109 Å². The molecule has 0 radical (unpaired) electrons. The van der Waals surface area contributed by atoms with Gasteiger partial charge >= 0.3 is 6.09 Å². The van der Waals surface area contributed by atoms with Crippen LogP contribution in [0.25, 0.3) is 0 Å². The highest BCUT2D eigenvalue weighted by Crippen LogP contribution is 2.15. The molecule has 0 fully saturated rings. The lowest BCUT2D eigenvalue weighted by Crippen LogP contribution is -2.52. The van der Waals surface area contributed by atoms with Crippen molar-refractivity contribution in [2.45, 2.75) is 141 Å². The summed E-state index contributed by atoms with van der Waals surface area (Å²) in [5.41, 5.74) is 22.4. The predicted molar refractivity (Wildman–Crippen MR) is 276 cm³/mol. The maximum Gasteiger partial charge on any atom is 0.408 e. The maximum absolute atomic E-state index is 13.3. The molecule has 5 amide bonds. The van der Waals surface area contributed by atoms with Crippen LogP contribution >= 0.6 is 0 Å². The fourth-order valence-electron chi connectivity index (χ4n) is 7.25. The molecule has 4 atom stereocenters. The lowest BCUT2D eigenvalue weighted by Gasteiger charge is -2.25. The van der Waals surface area contributed by atoms with E-state index in [9.17, 15) is 33.6 Å². The zero-order chi connectivity index (χ0) is 52.5. The van der Waals surface area contributed by atoms with Gasteiger partial charge < -0.3 is 48.7 Å². The zero-order valence-electron chi connectivity index (χ0n) is 41.7. The average molecular weight is 973 g/mol. The van der Waals surface area contributed by atoms with Crippen molar-refractivity contribution in [3.8, 4) is 0 Å². The minimum atomic E-state index is -0.958. The summed E-state index contributed by atoms with van der Waals surface area (Å²) in [5.74, 6) is -2.45. The molecule has 0 unspecified atom stereocenters. The second-order valence-electron chi connectivity index (χ2n) is 18.6. The van der Waals surface area contributed by atoms with Gasteiger partial charge in [-0.3, -0.25) is 28.8 Å². The molecule has 4 aromatic carbocycles. The third-order valence-corrected chi connectivity index (χ3v) is 11.4. The summed E-state index contributed by atoms with van der Waals surface area (Å²) >= 11 is 0. The number of Topliss-reactive ketones (excluding diaryl/α,β-unsaturated/α-hetero) is 2. The number of hydrogen-bond acceptors (Lipinski definition) is 11. The highest BCUT2D eigenvalue weighted by molar-refractivity contribution is 5.97. The number of carbonyl (C=O) groups is 7. The number of ether oxygens (including phenoxy) is 1. The molecule has 0 aliphatic carbocycles. The molecule has 0 heterocycles. The van der Waals surface area contributed by atoms with E-state index in [1.165, 1.54) is 0 Å². The van der Waals surface area contributed by atoms with E-state index < -0.39 is 59.5 Å². The van der Waals surface area contributed by atoms with Crippen molar-refractivity contribution in [2.24, 2.45) is 17.2 Å². The molecule has 0 aliphatic rings. The van der Waals surface area contributed by atoms with Crippen LogP contribution in [0.1, 0.15) is 119 Å². The number of nitrogens with two attached hydrogens (primary N) is 3. The third-order valence-electron chi connectivity index (χ3n) is 11.4. The molecule has 0 aliphatic heterocycles. The monoisotopic (exact) mass is 973 g/mol. The Morgan fingerprint density at radius 2 is 0.873 bits per heavy atom. The van der Waals surface area contributed by atoms with E-state index in [1.54, 1.807) is 34.6 Å². The van der Waals surface area contributed by atoms with Crippen LogP contribution in [0.5, 0.6) is 0 Å². The molecule has 16 nitrogen and oxygen atoms in total. The largest absolute Gasteiger partial charge is 0.444 e. The van der Waals surface area contributed by atoms with Crippen LogP contribution in [-0.4, -0.2) is 82.5 Å². The molecule has 0 spiro atoms. The Balaban J connectivity index is 0.000000383. The summed E-state index contributed by atoms with van der Waals surface area (Å²) in [5, 5.41) is 23.5. The van der Waals surface area contributed by atoms with Crippen LogP contribution in [0.4, 0.5) is 4.79 Å². The summed E-state index contributed by atoms with van der Waals surface area (Å²) in [4.78, 5) is 87.0. The topological polar surface area (TPSA) is 291 Å². The number of amides is 5. The standard InChI is InChI=1S/C30H40N4O5.C25H32N4O3/c1-20(31)23-14-10-22(11-15-23)13-18-26(35)24(17-19-27(32)36)33-28(37)25(34-29(38)39-30(2,3)4)16-12-21-8-6-5-7-9-21;1-17(26)20-11-7-19(8-12-20)10-15-23(30)22(14-16-24(28)31)29-25(32)21(27)13-9-18-5-3-2-4-6-18/h5-11,14-15,24-25,31H,12-13,16-19H2,1-4H3,(H2,32,36)(H,33,37)(H,34,38);2-8,11-12,21-22,26H,9-10,13-16,27H2,1H3,(H2,28,31)(H,29,32)/t24-,25+;21-,22+/m01/s1. The smallest absolute Gasteiger partial charge is 0.408 e. The molecule has 11 N–H and O–H groups in total. The SMILES string of the molecule is CC(=N)c1ccc(CCC(=O)[C@H](CCC(N)=O)NC(=O)[C@@H](CCc2ccccc2)NC(=O)OC(C)(C)C)cc1.CC(=N)c1ccc(CCC(=O)[C@H](CCC(N)=O)NC(=O)[C@H](N)CCc2ccccc2)cc1. The van der Waals surface area contributed by atoms with Crippen LogP contribution in [-0.2, 0) is 59.2 Å². The van der Waals surface area contributed by atoms with Crippen LogP contribution in [0.3, 0.4) is 0 Å². The molecule has 4 aromatic rings. The highest BCUT2D eigenvalue weighted by Gasteiger charge is 2.29. The molecular weight excluding hydrogens is 901 g/mol. The lowest BCUT2D eigenvalue weighted by atomic mass is 9.98. The fourth-order valence-corrected chi connectivity index (χ4v) is 7.25. The number of benzene rings is 4. The van der Waals surface area contributed by atoms with Crippen molar-refractivity contribution < 1.29 is 38.3 Å². The number of hydrogen-bond donors (Lipinski definition) is 8. The third kappa shape index (κ3) is 23.2. The first kappa shape index (κ1) is 58.0. The molecule has 0 bridgehead atoms. The Morgan fingerprint density at radius 3 is 1.25 bits per heavy atom. The highest BCUT2D eigenvalue weighted by atomic mass is 16.6. The Kier molecular flexibility index (Phi) is 24.2. The fraction of sp³-hybridized carbons (Fsp3) is 0.400. The van der Waals surface area contributed by atoms with E-state index >= 15 is 0 Å². The summed E-state index contributed by atoms with van der Waals surface area (Å²) < 4.78 is 5.34. The van der Waals surface area contributed by atoms with Crippen molar-refractivity contribution >= 4 is 52.7 Å². The van der Waals surface area contributed by atoms with Gasteiger partial charge in [0.1, 0.15) is 11.6 Å². The van der Waals surface area contributed by atoms with Crippen molar-refractivity contribution in [3.63, 3.8) is 0 Å². The Hall–Kier alpha value is -7.33. The first-order valence-electron chi connectivity index (χ1n) is 23.9. The van der Waals surface area contributed by atoms with E-state index in [4.69, 9.17) is 32.8 Å². The molecule has 380 valence electrons. The van der Waals surface area contributed by atoms with Gasteiger partial charge in [-0.2, -0.15) is 0 Å². The predicted octanol–water partition coefficient (Wildman–Crippen LogP) is 6.14. The number of ketones is 2. The second kappa shape index (κ2) is 29.6. The van der Waals surface area contributed by atoms with Crippen molar-refractivity contribution in [3.05, 3.63) is 143 Å². The van der Waals surface area contributed by atoms with E-state index in [0.717, 1.165) is 33.4 Å². The van der Waals surface area contributed by atoms with Gasteiger partial charge in [-0.25, -0.2) is 4.79 Å². The van der Waals surface area contributed by atoms with Crippen molar-refractivity contribution in [1.29, 1.82) is 10.8 Å². The number of carbonyl (C=O) groups excluding carboxylic acids is 7. The summed E-state index contributed by atoms with van der Waals surface area (Å²) in [6, 6.07) is 30.7. The van der Waals surface area contributed by atoms with Crippen molar-refractivity contribution in [1.82, 2.24) is 16.0 Å². The van der Waals surface area contributed by atoms with Gasteiger partial charge in [0.05, 0.1) is 18.1 Å². The van der Waals surface area contributed by atoms with Crippen LogP contribution < -0.4 is 33.2 Å². The normalized spacial score (nSPS) is 12.6. The van der Waals surface area contributed by atoms with Gasteiger partial charge in [-0.05, 0) is 119 Å². The second-order valence-corrected chi connectivity index (χ2v) is 18.6. The summed E-state index contributed by atoms with van der Waals surface area (Å²) in [6.45, 7) is 8.60. The minimum Gasteiger partial charge on any atom is -0.444 e. The molecule has 0 aromatic heterocycles. The van der Waals surface area contributed by atoms with E-state index in [2.05, 4.69) is 16.0 Å². The molecule has 16 heteroatoms. The number of alkyl carbamates (subject to hydrolysis) is 1. The molecule has 4 rings (SSSR count). The number of nitrogens with one attached hydrogen (secondary N) is 5. The molecule has 0 saturated heterocycles. The molecule has 0 saturated carbocycles. The van der Waals surface area contributed by atoms with Gasteiger partial charge in [-0.1, -0.05) is 109 Å². The maximum atomic E-state index is 13.3. The lowest BCUT2D eigenvalue weighted by molar-refractivity contribution is -0.129. The number of primary amides is 2. The van der Waals surface area contributed by atoms with Crippen LogP contribution in [0, 0.1) is 10.8 Å². The van der Waals surface area contributed by atoms with Crippen LogP contribution in [0.2, 0.25) is 0 Å². The first-order valence-corrected chi connectivity index (χ1v) is 23.9. The Morgan fingerprint density at radius 1 is 0.493 bits per heavy atom. The van der Waals surface area contributed by atoms with E-state index in [0.29, 0.717) is 43.5 Å². The summed E-state index contributed by atoms with van der Waals surface area (Å²) in [7, 11) is 0. The van der Waals surface area contributed by atoms with Crippen LogP contribution in [0.15, 0.2) is 109 Å². The molecule has 71 heavy (non-hydrogen) atoms. The van der Waals surface area contributed by atoms with Gasteiger partial charge in [0, 0.05) is 37.1 Å². The Bertz CT molecular complexity index is 2400. The van der Waals surface area contributed by atoms with Crippen molar-refractivity contribution in [2.75, 3.05) is 0 Å². The number of rotatable bonds is 27. The van der Waals surface area contributed by atoms with Gasteiger partial charge in [0.25, 0.3) is 0 Å². The Labute approximate surface area is 417 Å². The quantitative estimate of drug-likeness (QED) is 0.0318. The van der Waals surface area contributed by atoms with Gasteiger partial charge in [0.15, 0.2) is 11.6 Å². The summed E-state index contributed by atoms with van der Waals surface area (Å²) in [6.07, 6.45) is 2.59. The average Bonchev–Trinajstić information content (AvgIpc) is 3.33. The number of aryl methyl sites for hydroxylation is 4. The zero-order valence-corrected chi connectivity index (χ0v) is 41.7. The van der Waals surface area contributed by atoms with E-state index in [-0.39, 0.29) is 56.5 Å². The first-order chi connectivity index (χ1) is 33.6. The minimum absolute atomic E-state index is 0.00322.